The summed E-state index contributed by atoms with van der Waals surface area (Å²) in [7, 11) is 1.68. The van der Waals surface area contributed by atoms with Crippen molar-refractivity contribution in [3.63, 3.8) is 0 Å². The van der Waals surface area contributed by atoms with E-state index in [4.69, 9.17) is 4.74 Å². The molecule has 1 N–H and O–H groups in total. The Balaban J connectivity index is 1.69. The van der Waals surface area contributed by atoms with Crippen LogP contribution in [0.25, 0.3) is 0 Å². The Kier molecular flexibility index (Phi) is 7.68. The first kappa shape index (κ1) is 26.8. The van der Waals surface area contributed by atoms with Gasteiger partial charge >= 0.3 is 12.3 Å². The van der Waals surface area contributed by atoms with Gasteiger partial charge in [-0.25, -0.2) is 4.79 Å². The third-order valence-corrected chi connectivity index (χ3v) is 6.15. The lowest BCUT2D eigenvalue weighted by Gasteiger charge is -2.40. The van der Waals surface area contributed by atoms with E-state index in [1.807, 2.05) is 4.90 Å². The Hall–Kier alpha value is -2.82. The number of hydrogen-bond acceptors (Lipinski definition) is 5. The number of fused-ring (bicyclic) bond motifs is 1. The van der Waals surface area contributed by atoms with Crippen LogP contribution in [0.5, 0.6) is 0 Å². The highest BCUT2D eigenvalue weighted by molar-refractivity contribution is 6.11. The van der Waals surface area contributed by atoms with Crippen LogP contribution in [0.2, 0.25) is 0 Å². The molecule has 2 unspecified atom stereocenters. The summed E-state index contributed by atoms with van der Waals surface area (Å²) in [6.45, 7) is 8.59. The maximum atomic E-state index is 13.4. The third-order valence-electron chi connectivity index (χ3n) is 6.15. The van der Waals surface area contributed by atoms with Crippen LogP contribution >= 0.6 is 0 Å². The van der Waals surface area contributed by atoms with Crippen molar-refractivity contribution in [3.8, 4) is 0 Å². The van der Waals surface area contributed by atoms with Crippen molar-refractivity contribution in [2.45, 2.75) is 58.4 Å². The molecule has 0 bridgehead atoms. The van der Waals surface area contributed by atoms with Crippen LogP contribution in [0.4, 0.5) is 29.3 Å². The van der Waals surface area contributed by atoms with Gasteiger partial charge in [-0.3, -0.25) is 19.4 Å². The Labute approximate surface area is 203 Å². The van der Waals surface area contributed by atoms with Crippen molar-refractivity contribution in [2.24, 2.45) is 5.92 Å². The predicted molar refractivity (Wildman–Crippen MR) is 125 cm³/mol. The summed E-state index contributed by atoms with van der Waals surface area (Å²) in [5.74, 6) is -0.780. The van der Waals surface area contributed by atoms with E-state index in [9.17, 15) is 27.6 Å². The van der Waals surface area contributed by atoms with Crippen LogP contribution in [0, 0.1) is 5.92 Å². The highest BCUT2D eigenvalue weighted by Crippen LogP contribution is 2.37. The lowest BCUT2D eigenvalue weighted by Crippen LogP contribution is -2.54. The van der Waals surface area contributed by atoms with Crippen LogP contribution < -0.4 is 10.2 Å². The fourth-order valence-corrected chi connectivity index (χ4v) is 4.44. The van der Waals surface area contributed by atoms with E-state index in [2.05, 4.69) is 5.32 Å². The van der Waals surface area contributed by atoms with Crippen molar-refractivity contribution < 1.29 is 32.3 Å². The number of halogens is 3. The van der Waals surface area contributed by atoms with Gasteiger partial charge in [-0.05, 0) is 71.2 Å². The zero-order valence-electron chi connectivity index (χ0n) is 20.7. The second-order valence-electron chi connectivity index (χ2n) is 10.2. The van der Waals surface area contributed by atoms with E-state index in [0.717, 1.165) is 25.0 Å². The molecule has 1 aromatic carbocycles. The number of nitrogens with one attached hydrogen (secondary N) is 1. The number of carbonyl (C=O) groups excluding carboxylic acids is 3. The van der Waals surface area contributed by atoms with Crippen molar-refractivity contribution in [1.82, 2.24) is 9.80 Å². The molecule has 1 fully saturated rings. The second-order valence-corrected chi connectivity index (χ2v) is 10.2. The average molecular weight is 499 g/mol. The van der Waals surface area contributed by atoms with E-state index in [1.54, 1.807) is 34.7 Å². The Morgan fingerprint density at radius 3 is 2.57 bits per heavy atom. The number of carbonyl (C=O) groups is 3. The van der Waals surface area contributed by atoms with Gasteiger partial charge in [-0.2, -0.15) is 13.2 Å². The lowest BCUT2D eigenvalue weighted by molar-refractivity contribution is -0.137. The Bertz CT molecular complexity index is 976. The van der Waals surface area contributed by atoms with Gasteiger partial charge in [-0.1, -0.05) is 0 Å². The minimum Gasteiger partial charge on any atom is -0.444 e. The van der Waals surface area contributed by atoms with Crippen LogP contribution in [0.3, 0.4) is 0 Å². The van der Waals surface area contributed by atoms with Gasteiger partial charge in [0.2, 0.25) is 11.8 Å². The number of likely N-dealkylation sites (tertiary alicyclic amines) is 1. The number of hydrogen-bond donors (Lipinski definition) is 1. The predicted octanol–water partition coefficient (Wildman–Crippen LogP) is 3.96. The van der Waals surface area contributed by atoms with Gasteiger partial charge in [0.1, 0.15) is 12.1 Å². The minimum absolute atomic E-state index is 0.0351. The van der Waals surface area contributed by atoms with Gasteiger partial charge < -0.3 is 15.0 Å². The summed E-state index contributed by atoms with van der Waals surface area (Å²) in [4.78, 5) is 42.7. The number of nitrogens with zero attached hydrogens (tertiary/aromatic N) is 3. The molecule has 0 aromatic heterocycles. The van der Waals surface area contributed by atoms with E-state index >= 15 is 0 Å². The van der Waals surface area contributed by atoms with Gasteiger partial charge in [0, 0.05) is 20.1 Å². The van der Waals surface area contributed by atoms with E-state index in [0.29, 0.717) is 19.6 Å². The number of ether oxygens (including phenoxy) is 1. The van der Waals surface area contributed by atoms with Crippen LogP contribution in [0.1, 0.15) is 46.1 Å². The van der Waals surface area contributed by atoms with E-state index in [1.165, 1.54) is 15.9 Å². The highest BCUT2D eigenvalue weighted by Gasteiger charge is 2.37. The molecule has 3 rings (SSSR count). The lowest BCUT2D eigenvalue weighted by atomic mass is 9.96. The zero-order chi connectivity index (χ0) is 26.1. The molecule has 194 valence electrons. The minimum atomic E-state index is -4.56. The molecule has 0 radical (unpaired) electrons. The summed E-state index contributed by atoms with van der Waals surface area (Å²) in [6, 6.07) is 2.38. The fourth-order valence-electron chi connectivity index (χ4n) is 4.44. The van der Waals surface area contributed by atoms with E-state index < -0.39 is 35.4 Å². The molecule has 1 aromatic rings. The number of benzene rings is 1. The first-order valence-electron chi connectivity index (χ1n) is 11.7. The molecule has 0 spiro atoms. The molecule has 11 heteroatoms. The number of piperidine rings is 1. The summed E-state index contributed by atoms with van der Waals surface area (Å²) in [5, 5.41) is 2.44. The number of rotatable bonds is 4. The van der Waals surface area contributed by atoms with Crippen LogP contribution in [-0.4, -0.2) is 72.6 Å². The average Bonchev–Trinajstić information content (AvgIpc) is 2.75. The smallest absolute Gasteiger partial charge is 0.416 e. The van der Waals surface area contributed by atoms with Gasteiger partial charge in [0.15, 0.2) is 0 Å². The molecule has 8 nitrogen and oxygen atoms in total. The van der Waals surface area contributed by atoms with Crippen molar-refractivity contribution >= 4 is 29.3 Å². The first-order chi connectivity index (χ1) is 16.2. The Morgan fingerprint density at radius 2 is 1.94 bits per heavy atom. The zero-order valence-corrected chi connectivity index (χ0v) is 20.7. The van der Waals surface area contributed by atoms with Crippen LogP contribution in [-0.2, 0) is 20.5 Å². The summed E-state index contributed by atoms with van der Waals surface area (Å²) < 4.78 is 44.7. The number of alkyl halides is 3. The second kappa shape index (κ2) is 10.0. The monoisotopic (exact) mass is 498 g/mol. The maximum absolute atomic E-state index is 13.4. The molecule has 2 atom stereocenters. The van der Waals surface area contributed by atoms with Crippen molar-refractivity contribution in [3.05, 3.63) is 23.8 Å². The quantitative estimate of drug-likeness (QED) is 0.680. The molecule has 2 aliphatic heterocycles. The normalized spacial score (nSPS) is 20.1. The molecule has 2 aliphatic rings. The Morgan fingerprint density at radius 1 is 1.26 bits per heavy atom. The summed E-state index contributed by atoms with van der Waals surface area (Å²) in [6.07, 6.45) is -3.25. The molecule has 0 aliphatic carbocycles. The van der Waals surface area contributed by atoms with Gasteiger partial charge in [0.05, 0.1) is 23.0 Å². The van der Waals surface area contributed by atoms with Crippen molar-refractivity contribution in [1.29, 1.82) is 0 Å². The summed E-state index contributed by atoms with van der Waals surface area (Å²) in [5.41, 5.74) is -1.28. The molecular formula is C24H33F3N4O4. The largest absolute Gasteiger partial charge is 0.444 e. The SMILES string of the molecule is CC(C(=O)N1CC(=O)Nc2cc(C(F)(F)F)ccc21)N1CCCC(CN(C)C(=O)OC(C)(C)C)C1. The van der Waals surface area contributed by atoms with Crippen molar-refractivity contribution in [2.75, 3.05) is 43.4 Å². The fraction of sp³-hybridized carbons (Fsp3) is 0.625. The topological polar surface area (TPSA) is 82.2 Å². The highest BCUT2D eigenvalue weighted by atomic mass is 19.4. The number of anilines is 2. The molecule has 1 saturated heterocycles. The molecule has 35 heavy (non-hydrogen) atoms. The third kappa shape index (κ3) is 6.65. The maximum Gasteiger partial charge on any atom is 0.416 e. The molecule has 0 saturated carbocycles. The first-order valence-corrected chi connectivity index (χ1v) is 11.7. The van der Waals surface area contributed by atoms with Gasteiger partial charge in [0.25, 0.3) is 0 Å². The van der Waals surface area contributed by atoms with Gasteiger partial charge in [-0.15, -0.1) is 0 Å². The van der Waals surface area contributed by atoms with Crippen LogP contribution in [0.15, 0.2) is 18.2 Å². The standard InChI is InChI=1S/C24H33F3N4O4/c1-15(30-10-6-7-16(13-30)12-29(5)22(34)35-23(2,3)4)21(33)31-14-20(32)28-18-11-17(24(25,26)27)8-9-19(18)31/h8-9,11,15-16H,6-7,10,12-14H2,1-5H3,(H,28,32). The molecule has 3 amide bonds. The molecular weight excluding hydrogens is 465 g/mol. The molecule has 2 heterocycles. The van der Waals surface area contributed by atoms with E-state index in [-0.39, 0.29) is 29.7 Å². The number of amides is 3. The summed E-state index contributed by atoms with van der Waals surface area (Å²) >= 11 is 0.